The number of aromatic nitrogens is 2. The molecule has 17 heavy (non-hydrogen) atoms. The fraction of sp³-hybridized carbons (Fsp3) is 0.636. The standard InChI is InChI=1S/C11H16N2O3S/c1-8(9-3-2-6-16-9)13-5-4-12-11(13)17-7-10(14)15/h4-5,8-9H,2-3,6-7H2,1H3,(H,14,15). The number of imidazole rings is 1. The van der Waals surface area contributed by atoms with Gasteiger partial charge in [0.1, 0.15) is 0 Å². The summed E-state index contributed by atoms with van der Waals surface area (Å²) in [7, 11) is 0. The van der Waals surface area contributed by atoms with Crippen LogP contribution in [0.15, 0.2) is 17.6 Å². The first-order valence-electron chi connectivity index (χ1n) is 5.67. The largest absolute Gasteiger partial charge is 0.481 e. The number of aliphatic carboxylic acids is 1. The van der Waals surface area contributed by atoms with Crippen LogP contribution < -0.4 is 0 Å². The molecule has 1 aliphatic rings. The predicted molar refractivity (Wildman–Crippen MR) is 64.3 cm³/mol. The Hall–Kier alpha value is -1.01. The summed E-state index contributed by atoms with van der Waals surface area (Å²) in [5.74, 6) is -0.788. The van der Waals surface area contributed by atoms with Gasteiger partial charge in [0.15, 0.2) is 5.16 Å². The van der Waals surface area contributed by atoms with Gasteiger partial charge in [-0.15, -0.1) is 0 Å². The van der Waals surface area contributed by atoms with Crippen LogP contribution in [0.4, 0.5) is 0 Å². The van der Waals surface area contributed by atoms with Gasteiger partial charge in [-0.05, 0) is 19.8 Å². The quantitative estimate of drug-likeness (QED) is 0.814. The van der Waals surface area contributed by atoms with Crippen LogP contribution in [0.5, 0.6) is 0 Å². The van der Waals surface area contributed by atoms with Gasteiger partial charge in [0.25, 0.3) is 0 Å². The lowest BCUT2D eigenvalue weighted by atomic mass is 10.1. The van der Waals surface area contributed by atoms with Gasteiger partial charge in [0.2, 0.25) is 0 Å². The van der Waals surface area contributed by atoms with Gasteiger partial charge in [-0.2, -0.15) is 0 Å². The van der Waals surface area contributed by atoms with Crippen LogP contribution in [-0.2, 0) is 9.53 Å². The third-order valence-electron chi connectivity index (χ3n) is 2.90. The molecule has 0 aromatic carbocycles. The lowest BCUT2D eigenvalue weighted by Gasteiger charge is -2.21. The van der Waals surface area contributed by atoms with Crippen LogP contribution in [0, 0.1) is 0 Å². The van der Waals surface area contributed by atoms with Gasteiger partial charge in [0.05, 0.1) is 17.9 Å². The number of hydrogen-bond acceptors (Lipinski definition) is 4. The minimum Gasteiger partial charge on any atom is -0.481 e. The summed E-state index contributed by atoms with van der Waals surface area (Å²) in [6.07, 6.45) is 5.96. The second-order valence-corrected chi connectivity index (χ2v) is 5.03. The number of thioether (sulfide) groups is 1. The van der Waals surface area contributed by atoms with Crippen molar-refractivity contribution < 1.29 is 14.6 Å². The molecule has 2 unspecified atom stereocenters. The number of rotatable bonds is 5. The molecule has 1 N–H and O–H groups in total. The number of carboxylic acids is 1. The molecular formula is C11H16N2O3S. The molecule has 0 bridgehead atoms. The second kappa shape index (κ2) is 5.55. The van der Waals surface area contributed by atoms with E-state index in [9.17, 15) is 4.79 Å². The van der Waals surface area contributed by atoms with Crippen molar-refractivity contribution in [2.45, 2.75) is 37.1 Å². The third-order valence-corrected chi connectivity index (χ3v) is 3.87. The van der Waals surface area contributed by atoms with E-state index in [0.717, 1.165) is 24.6 Å². The fourth-order valence-corrected chi connectivity index (χ4v) is 2.77. The molecule has 1 aromatic heterocycles. The molecule has 1 fully saturated rings. The highest BCUT2D eigenvalue weighted by molar-refractivity contribution is 7.99. The van der Waals surface area contributed by atoms with E-state index in [2.05, 4.69) is 11.9 Å². The van der Waals surface area contributed by atoms with Crippen LogP contribution in [0.25, 0.3) is 0 Å². The first-order valence-corrected chi connectivity index (χ1v) is 6.66. The van der Waals surface area contributed by atoms with Crippen LogP contribution in [0.3, 0.4) is 0 Å². The van der Waals surface area contributed by atoms with Crippen molar-refractivity contribution in [2.75, 3.05) is 12.4 Å². The molecule has 5 nitrogen and oxygen atoms in total. The molecule has 2 rings (SSSR count). The van der Waals surface area contributed by atoms with E-state index in [1.54, 1.807) is 6.20 Å². The Morgan fingerprint density at radius 1 is 1.82 bits per heavy atom. The Morgan fingerprint density at radius 2 is 2.65 bits per heavy atom. The van der Waals surface area contributed by atoms with E-state index in [4.69, 9.17) is 9.84 Å². The molecule has 1 aromatic rings. The zero-order valence-corrected chi connectivity index (χ0v) is 10.5. The number of ether oxygens (including phenoxy) is 1. The minimum absolute atomic E-state index is 0.0370. The zero-order chi connectivity index (χ0) is 12.3. The van der Waals surface area contributed by atoms with Gasteiger partial charge in [-0.25, -0.2) is 4.98 Å². The molecule has 0 amide bonds. The average Bonchev–Trinajstić information content (AvgIpc) is 2.96. The molecule has 0 radical (unpaired) electrons. The van der Waals surface area contributed by atoms with Crippen LogP contribution in [0.1, 0.15) is 25.8 Å². The van der Waals surface area contributed by atoms with Crippen molar-refractivity contribution >= 4 is 17.7 Å². The minimum atomic E-state index is -0.825. The van der Waals surface area contributed by atoms with E-state index in [-0.39, 0.29) is 17.9 Å². The highest BCUT2D eigenvalue weighted by Crippen LogP contribution is 2.27. The summed E-state index contributed by atoms with van der Waals surface area (Å²) in [6, 6.07) is 0.205. The van der Waals surface area contributed by atoms with Gasteiger partial charge < -0.3 is 14.4 Å². The molecule has 0 spiro atoms. The number of carbonyl (C=O) groups is 1. The Labute approximate surface area is 104 Å². The van der Waals surface area contributed by atoms with Crippen LogP contribution >= 0.6 is 11.8 Å². The summed E-state index contributed by atoms with van der Waals surface area (Å²) in [6.45, 7) is 2.91. The maximum absolute atomic E-state index is 10.5. The second-order valence-electron chi connectivity index (χ2n) is 4.09. The summed E-state index contributed by atoms with van der Waals surface area (Å²) in [4.78, 5) is 14.7. The molecule has 2 atom stereocenters. The SMILES string of the molecule is CC(C1CCCO1)n1ccnc1SCC(=O)O. The van der Waals surface area contributed by atoms with Gasteiger partial charge in [-0.1, -0.05) is 11.8 Å². The summed E-state index contributed by atoms with van der Waals surface area (Å²) >= 11 is 1.25. The predicted octanol–water partition coefficient (Wildman–Crippen LogP) is 1.80. The molecule has 0 saturated carbocycles. The van der Waals surface area contributed by atoms with Crippen LogP contribution in [-0.4, -0.2) is 39.1 Å². The smallest absolute Gasteiger partial charge is 0.313 e. The van der Waals surface area contributed by atoms with Gasteiger partial charge >= 0.3 is 5.97 Å². The van der Waals surface area contributed by atoms with Gasteiger partial charge in [-0.3, -0.25) is 4.79 Å². The molecule has 94 valence electrons. The Kier molecular flexibility index (Phi) is 4.06. The van der Waals surface area contributed by atoms with Crippen molar-refractivity contribution in [3.05, 3.63) is 12.4 Å². The summed E-state index contributed by atoms with van der Waals surface area (Å²) < 4.78 is 7.65. The normalized spacial score (nSPS) is 21.6. The number of hydrogen-bond donors (Lipinski definition) is 1. The highest BCUT2D eigenvalue weighted by atomic mass is 32.2. The molecule has 6 heteroatoms. The van der Waals surface area contributed by atoms with Crippen molar-refractivity contribution in [1.29, 1.82) is 0 Å². The maximum atomic E-state index is 10.5. The maximum Gasteiger partial charge on any atom is 0.313 e. The van der Waals surface area contributed by atoms with E-state index >= 15 is 0 Å². The summed E-state index contributed by atoms with van der Waals surface area (Å²) in [5.41, 5.74) is 0. The Bertz CT molecular complexity index is 388. The number of carboxylic acid groups (broad SMARTS) is 1. The average molecular weight is 256 g/mol. The number of nitrogens with zero attached hydrogens (tertiary/aromatic N) is 2. The summed E-state index contributed by atoms with van der Waals surface area (Å²) in [5, 5.41) is 9.42. The van der Waals surface area contributed by atoms with E-state index in [0.29, 0.717) is 0 Å². The van der Waals surface area contributed by atoms with Crippen molar-refractivity contribution in [3.8, 4) is 0 Å². The van der Waals surface area contributed by atoms with E-state index in [1.807, 2.05) is 10.8 Å². The lowest BCUT2D eigenvalue weighted by molar-refractivity contribution is -0.133. The molecule has 1 aliphatic heterocycles. The van der Waals surface area contributed by atoms with E-state index < -0.39 is 5.97 Å². The van der Waals surface area contributed by atoms with Crippen molar-refractivity contribution in [3.63, 3.8) is 0 Å². The molecule has 1 saturated heterocycles. The highest BCUT2D eigenvalue weighted by Gasteiger charge is 2.25. The molecular weight excluding hydrogens is 240 g/mol. The zero-order valence-electron chi connectivity index (χ0n) is 9.70. The topological polar surface area (TPSA) is 64.4 Å². The lowest BCUT2D eigenvalue weighted by Crippen LogP contribution is -2.21. The Balaban J connectivity index is 2.04. The van der Waals surface area contributed by atoms with Crippen molar-refractivity contribution in [1.82, 2.24) is 9.55 Å². The van der Waals surface area contributed by atoms with Gasteiger partial charge in [0, 0.05) is 19.0 Å². The Morgan fingerprint density at radius 3 is 3.29 bits per heavy atom. The monoisotopic (exact) mass is 256 g/mol. The third kappa shape index (κ3) is 3.01. The first-order chi connectivity index (χ1) is 8.18. The van der Waals surface area contributed by atoms with Crippen molar-refractivity contribution in [2.24, 2.45) is 0 Å². The fourth-order valence-electron chi connectivity index (χ4n) is 2.01. The first kappa shape index (κ1) is 12.4. The van der Waals surface area contributed by atoms with Crippen LogP contribution in [0.2, 0.25) is 0 Å². The molecule has 2 heterocycles. The molecule has 0 aliphatic carbocycles. The van der Waals surface area contributed by atoms with E-state index in [1.165, 1.54) is 11.8 Å².